The third kappa shape index (κ3) is 5.18. The number of carbonyl (C=O) groups excluding carboxylic acids is 1. The Morgan fingerprint density at radius 1 is 1.14 bits per heavy atom. The van der Waals surface area contributed by atoms with Gasteiger partial charge in [0.2, 0.25) is 15.9 Å². The van der Waals surface area contributed by atoms with Gasteiger partial charge < -0.3 is 4.90 Å². The molecule has 1 unspecified atom stereocenters. The Morgan fingerprint density at radius 3 is 2.66 bits per heavy atom. The average Bonchev–Trinajstić information content (AvgIpc) is 3.18. The van der Waals surface area contributed by atoms with Gasteiger partial charge in [0.1, 0.15) is 0 Å². The van der Waals surface area contributed by atoms with Crippen molar-refractivity contribution >= 4 is 39.2 Å². The fourth-order valence-corrected chi connectivity index (χ4v) is 6.98. The molecule has 1 aromatic carbocycles. The van der Waals surface area contributed by atoms with E-state index in [0.29, 0.717) is 24.5 Å². The van der Waals surface area contributed by atoms with Crippen LogP contribution >= 0.6 is 11.6 Å². The summed E-state index contributed by atoms with van der Waals surface area (Å²) in [7, 11) is -3.18. The van der Waals surface area contributed by atoms with Crippen LogP contribution in [0.25, 0.3) is 11.6 Å². The fourth-order valence-electron chi connectivity index (χ4n) is 5.93. The van der Waals surface area contributed by atoms with Crippen LogP contribution < -0.4 is 0 Å². The van der Waals surface area contributed by atoms with Crippen molar-refractivity contribution < 1.29 is 13.2 Å². The maximum atomic E-state index is 12.1. The van der Waals surface area contributed by atoms with Crippen LogP contribution in [0.15, 0.2) is 36.5 Å². The Morgan fingerprint density at radius 2 is 1.94 bits per heavy atom. The first-order valence-corrected chi connectivity index (χ1v) is 14.7. The quantitative estimate of drug-likeness (QED) is 0.556. The summed E-state index contributed by atoms with van der Waals surface area (Å²) in [6, 6.07) is 10.2. The third-order valence-electron chi connectivity index (χ3n) is 7.68. The van der Waals surface area contributed by atoms with Crippen molar-refractivity contribution in [2.24, 2.45) is 5.92 Å². The van der Waals surface area contributed by atoms with Gasteiger partial charge in [-0.1, -0.05) is 29.8 Å². The van der Waals surface area contributed by atoms with Crippen molar-refractivity contribution in [3.63, 3.8) is 0 Å². The third-order valence-corrected chi connectivity index (χ3v) is 9.22. The first-order chi connectivity index (χ1) is 16.8. The number of benzene rings is 1. The zero-order valence-corrected chi connectivity index (χ0v) is 21.7. The minimum atomic E-state index is -3.18. The number of aromatic nitrogens is 1. The molecular weight excluding hydrogens is 482 g/mol. The Hall–Kier alpha value is -2.22. The van der Waals surface area contributed by atoms with Crippen LogP contribution in [0.4, 0.5) is 0 Å². The predicted molar refractivity (Wildman–Crippen MR) is 140 cm³/mol. The molecule has 2 saturated heterocycles. The molecule has 0 N–H and O–H groups in total. The zero-order valence-electron chi connectivity index (χ0n) is 20.1. The van der Waals surface area contributed by atoms with Crippen molar-refractivity contribution in [3.8, 4) is 0 Å². The molecule has 0 saturated carbocycles. The van der Waals surface area contributed by atoms with E-state index in [4.69, 9.17) is 16.6 Å². The van der Waals surface area contributed by atoms with Gasteiger partial charge >= 0.3 is 0 Å². The summed E-state index contributed by atoms with van der Waals surface area (Å²) in [4.78, 5) is 18.9. The predicted octanol–water partition coefficient (Wildman–Crippen LogP) is 4.80. The minimum Gasteiger partial charge on any atom is -0.343 e. The molecule has 3 aliphatic rings. The standard InChI is InChI=1S/C27H32ClN3O3S/c1-35(33,34)31-15-10-19(11-16-31)26-23-9-8-22(28)18-21(23)17-20(24-6-2-12-29-27(24)26)5-3-13-30-14-4-7-25(30)32/h2,6,8-9,12,17-19,26H,3-5,7,10-11,13-16H2,1H3. The number of piperidine rings is 1. The Balaban J connectivity index is 1.47. The molecule has 6 nitrogen and oxygen atoms in total. The van der Waals surface area contributed by atoms with Crippen molar-refractivity contribution in [2.45, 2.75) is 44.4 Å². The molecule has 1 atom stereocenters. The molecule has 0 spiro atoms. The van der Waals surface area contributed by atoms with Gasteiger partial charge in [-0.05, 0) is 78.5 Å². The molecule has 3 heterocycles. The van der Waals surface area contributed by atoms with E-state index >= 15 is 0 Å². The second-order valence-electron chi connectivity index (χ2n) is 9.94. The number of rotatable bonds is 6. The Kier molecular flexibility index (Phi) is 7.02. The lowest BCUT2D eigenvalue weighted by atomic mass is 9.76. The van der Waals surface area contributed by atoms with Gasteiger partial charge in [-0.3, -0.25) is 9.78 Å². The maximum Gasteiger partial charge on any atom is 0.222 e. The normalized spacial score (nSPS) is 21.4. The number of pyridine rings is 1. The first kappa shape index (κ1) is 24.5. The largest absolute Gasteiger partial charge is 0.343 e. The second-order valence-corrected chi connectivity index (χ2v) is 12.4. The molecule has 2 fully saturated rings. The summed E-state index contributed by atoms with van der Waals surface area (Å²) in [5.41, 5.74) is 5.76. The van der Waals surface area contributed by atoms with Crippen LogP contribution in [-0.4, -0.2) is 60.9 Å². The molecule has 0 radical (unpaired) electrons. The van der Waals surface area contributed by atoms with Gasteiger partial charge in [0, 0.05) is 49.7 Å². The lowest BCUT2D eigenvalue weighted by molar-refractivity contribution is -0.127. The summed E-state index contributed by atoms with van der Waals surface area (Å²) in [5.74, 6) is 0.630. The Bertz CT molecular complexity index is 1250. The van der Waals surface area contributed by atoms with Gasteiger partial charge in [0.15, 0.2) is 0 Å². The molecule has 2 aliphatic heterocycles. The smallest absolute Gasteiger partial charge is 0.222 e. The maximum absolute atomic E-state index is 12.1. The molecule has 2 aromatic rings. The van der Waals surface area contributed by atoms with Crippen molar-refractivity contribution in [1.29, 1.82) is 0 Å². The molecule has 186 valence electrons. The first-order valence-electron chi connectivity index (χ1n) is 12.5. The molecule has 0 bridgehead atoms. The van der Waals surface area contributed by atoms with Gasteiger partial charge in [-0.25, -0.2) is 12.7 Å². The summed E-state index contributed by atoms with van der Waals surface area (Å²) >= 11 is 6.44. The SMILES string of the molecule is CS(=O)(=O)N1CCC(C2c3ccc(Cl)cc3C=C(CCCN3CCCC3=O)c3cccnc32)CC1. The van der Waals surface area contributed by atoms with Crippen LogP contribution in [0.1, 0.15) is 66.8 Å². The topological polar surface area (TPSA) is 70.6 Å². The molecule has 35 heavy (non-hydrogen) atoms. The van der Waals surface area contributed by atoms with Crippen molar-refractivity contribution in [2.75, 3.05) is 32.4 Å². The zero-order chi connectivity index (χ0) is 24.6. The van der Waals surface area contributed by atoms with E-state index in [1.807, 2.05) is 29.3 Å². The molecule has 8 heteroatoms. The van der Waals surface area contributed by atoms with Crippen LogP contribution in [-0.2, 0) is 14.8 Å². The van der Waals surface area contributed by atoms with Crippen molar-refractivity contribution in [1.82, 2.24) is 14.2 Å². The van der Waals surface area contributed by atoms with Crippen LogP contribution in [0.5, 0.6) is 0 Å². The number of fused-ring (bicyclic) bond motifs is 2. The van der Waals surface area contributed by atoms with Gasteiger partial charge in [-0.15, -0.1) is 0 Å². The van der Waals surface area contributed by atoms with E-state index in [2.05, 4.69) is 18.2 Å². The summed E-state index contributed by atoms with van der Waals surface area (Å²) in [6.07, 6.45) is 10.4. The highest BCUT2D eigenvalue weighted by Gasteiger charge is 2.36. The second kappa shape index (κ2) is 10.0. The lowest BCUT2D eigenvalue weighted by Gasteiger charge is -2.35. The number of nitrogens with zero attached hydrogens (tertiary/aromatic N) is 3. The number of likely N-dealkylation sites (tertiary alicyclic amines) is 1. The number of hydrogen-bond acceptors (Lipinski definition) is 4. The summed E-state index contributed by atoms with van der Waals surface area (Å²) in [6.45, 7) is 2.72. The van der Waals surface area contributed by atoms with E-state index < -0.39 is 10.0 Å². The van der Waals surface area contributed by atoms with Gasteiger partial charge in [-0.2, -0.15) is 0 Å². The highest BCUT2D eigenvalue weighted by Crippen LogP contribution is 2.45. The van der Waals surface area contributed by atoms with Crippen LogP contribution in [0.3, 0.4) is 0 Å². The van der Waals surface area contributed by atoms with Crippen LogP contribution in [0.2, 0.25) is 5.02 Å². The number of halogens is 1. The number of carbonyl (C=O) groups is 1. The number of amides is 1. The van der Waals surface area contributed by atoms with Gasteiger partial charge in [0.05, 0.1) is 11.9 Å². The fraction of sp³-hybridized carbons (Fsp3) is 0.481. The molecule has 1 aromatic heterocycles. The van der Waals surface area contributed by atoms with E-state index in [1.165, 1.54) is 17.4 Å². The lowest BCUT2D eigenvalue weighted by Crippen LogP contribution is -2.39. The highest BCUT2D eigenvalue weighted by molar-refractivity contribution is 7.88. The monoisotopic (exact) mass is 513 g/mol. The molecular formula is C27H32ClN3O3S. The van der Waals surface area contributed by atoms with E-state index in [1.54, 1.807) is 4.31 Å². The van der Waals surface area contributed by atoms with E-state index in [0.717, 1.165) is 62.0 Å². The van der Waals surface area contributed by atoms with Gasteiger partial charge in [0.25, 0.3) is 0 Å². The summed E-state index contributed by atoms with van der Waals surface area (Å²) in [5, 5.41) is 0.701. The number of allylic oxidation sites excluding steroid dienone is 1. The van der Waals surface area contributed by atoms with Crippen LogP contribution in [0, 0.1) is 5.92 Å². The molecule has 1 aliphatic carbocycles. The molecule has 1 amide bonds. The highest BCUT2D eigenvalue weighted by atomic mass is 35.5. The number of hydrogen-bond donors (Lipinski definition) is 0. The minimum absolute atomic E-state index is 0.0779. The number of sulfonamides is 1. The summed E-state index contributed by atoms with van der Waals surface area (Å²) < 4.78 is 25.8. The van der Waals surface area contributed by atoms with E-state index in [9.17, 15) is 13.2 Å². The van der Waals surface area contributed by atoms with E-state index in [-0.39, 0.29) is 17.7 Å². The average molecular weight is 514 g/mol. The molecule has 5 rings (SSSR count). The Labute approximate surface area is 213 Å². The van der Waals surface area contributed by atoms with Crippen molar-refractivity contribution in [3.05, 3.63) is 63.9 Å².